The van der Waals surface area contributed by atoms with Crippen molar-refractivity contribution in [1.29, 1.82) is 0 Å². The van der Waals surface area contributed by atoms with Crippen LogP contribution in [0.4, 0.5) is 0 Å². The molecule has 8 nitrogen and oxygen atoms in total. The van der Waals surface area contributed by atoms with Gasteiger partial charge in [-0.15, -0.1) is 0 Å². The first-order chi connectivity index (χ1) is 16.0. The topological polar surface area (TPSA) is 83.5 Å². The summed E-state index contributed by atoms with van der Waals surface area (Å²) in [6.07, 6.45) is 3.35. The van der Waals surface area contributed by atoms with Crippen molar-refractivity contribution in [3.63, 3.8) is 0 Å². The highest BCUT2D eigenvalue weighted by molar-refractivity contribution is 5.98. The monoisotopic (exact) mass is 453 g/mol. The number of carbonyl (C=O) groups excluding carboxylic acids is 2. The second-order valence-electron chi connectivity index (χ2n) is 7.19. The first-order valence-electron chi connectivity index (χ1n) is 10.2. The molecule has 8 heteroatoms. The minimum absolute atomic E-state index is 0.283. The van der Waals surface area contributed by atoms with Crippen LogP contribution in [0, 0.1) is 0 Å². The Bertz CT molecular complexity index is 1060. The van der Waals surface area contributed by atoms with Crippen molar-refractivity contribution < 1.29 is 33.3 Å². The molecule has 0 radical (unpaired) electrons. The predicted octanol–water partition coefficient (Wildman–Crippen LogP) is 3.43. The summed E-state index contributed by atoms with van der Waals surface area (Å²) in [4.78, 5) is 27.4. The van der Waals surface area contributed by atoms with Crippen molar-refractivity contribution in [3.05, 3.63) is 77.1 Å². The summed E-state index contributed by atoms with van der Waals surface area (Å²) in [5.74, 6) is -0.112. The second-order valence-corrected chi connectivity index (χ2v) is 7.19. The van der Waals surface area contributed by atoms with Crippen molar-refractivity contribution >= 4 is 11.9 Å². The van der Waals surface area contributed by atoms with Gasteiger partial charge in [0.05, 0.1) is 52.6 Å². The van der Waals surface area contributed by atoms with E-state index in [1.807, 2.05) is 24.3 Å². The Morgan fingerprint density at radius 2 is 1.33 bits per heavy atom. The molecule has 0 aromatic heterocycles. The maximum Gasteiger partial charge on any atom is 0.336 e. The van der Waals surface area contributed by atoms with Gasteiger partial charge in [0, 0.05) is 24.5 Å². The fourth-order valence-electron chi connectivity index (χ4n) is 3.81. The number of para-hydroxylation sites is 1. The first kappa shape index (κ1) is 23.7. The number of rotatable bonds is 8. The highest BCUT2D eigenvalue weighted by Gasteiger charge is 2.36. The maximum absolute atomic E-state index is 12.8. The third-order valence-corrected chi connectivity index (χ3v) is 5.34. The fourth-order valence-corrected chi connectivity index (χ4v) is 3.81. The molecule has 0 unspecified atom stereocenters. The molecule has 174 valence electrons. The van der Waals surface area contributed by atoms with Crippen LogP contribution in [-0.2, 0) is 25.6 Å². The molecule has 0 fully saturated rings. The van der Waals surface area contributed by atoms with E-state index in [-0.39, 0.29) is 11.1 Å². The van der Waals surface area contributed by atoms with E-state index >= 15 is 0 Å². The van der Waals surface area contributed by atoms with E-state index in [0.29, 0.717) is 29.4 Å². The normalized spacial score (nSPS) is 13.5. The van der Waals surface area contributed by atoms with Crippen LogP contribution >= 0.6 is 0 Å². The van der Waals surface area contributed by atoms with Gasteiger partial charge in [0.2, 0.25) is 0 Å². The van der Waals surface area contributed by atoms with Gasteiger partial charge in [-0.05, 0) is 23.8 Å². The van der Waals surface area contributed by atoms with Gasteiger partial charge in [-0.2, -0.15) is 0 Å². The number of benzene rings is 2. The van der Waals surface area contributed by atoms with Gasteiger partial charge in [-0.1, -0.05) is 24.3 Å². The Kier molecular flexibility index (Phi) is 7.61. The summed E-state index contributed by atoms with van der Waals surface area (Å²) in [5.41, 5.74) is 2.10. The van der Waals surface area contributed by atoms with Crippen molar-refractivity contribution in [2.45, 2.75) is 12.5 Å². The van der Waals surface area contributed by atoms with E-state index in [9.17, 15) is 9.59 Å². The van der Waals surface area contributed by atoms with Gasteiger partial charge in [0.1, 0.15) is 5.75 Å². The molecule has 1 heterocycles. The molecule has 0 saturated carbocycles. The Balaban J connectivity index is 2.09. The molecule has 3 rings (SSSR count). The highest BCUT2D eigenvalue weighted by Crippen LogP contribution is 2.41. The van der Waals surface area contributed by atoms with Crippen LogP contribution in [-0.4, -0.2) is 52.4 Å². The molecule has 0 aliphatic carbocycles. The van der Waals surface area contributed by atoms with Crippen molar-refractivity contribution in [1.82, 2.24) is 4.90 Å². The molecule has 0 saturated heterocycles. The van der Waals surface area contributed by atoms with Gasteiger partial charge in [-0.3, -0.25) is 0 Å². The number of ether oxygens (including phenoxy) is 5. The predicted molar refractivity (Wildman–Crippen MR) is 121 cm³/mol. The number of esters is 2. The molecule has 0 spiro atoms. The van der Waals surface area contributed by atoms with Gasteiger partial charge in [0.15, 0.2) is 11.5 Å². The molecule has 0 amide bonds. The summed E-state index contributed by atoms with van der Waals surface area (Å²) in [7, 11) is 7.27. The van der Waals surface area contributed by atoms with E-state index in [1.165, 1.54) is 21.3 Å². The minimum atomic E-state index is -0.720. The minimum Gasteiger partial charge on any atom is -0.496 e. The maximum atomic E-state index is 12.8. The van der Waals surface area contributed by atoms with E-state index in [2.05, 4.69) is 0 Å². The van der Waals surface area contributed by atoms with Crippen LogP contribution in [0.1, 0.15) is 17.0 Å². The fraction of sp³-hybridized carbons (Fsp3) is 0.280. The number of hydrogen-bond acceptors (Lipinski definition) is 8. The van der Waals surface area contributed by atoms with Crippen LogP contribution in [0.25, 0.3) is 0 Å². The lowest BCUT2D eigenvalue weighted by molar-refractivity contribution is -0.137. The Morgan fingerprint density at radius 3 is 1.88 bits per heavy atom. The standard InChI is InChI=1S/C25H27NO7/c1-29-20-9-7-6-8-17(20)23-18(24(27)32-4)14-26(15-19(23)25(28)33-5)13-16-10-11-21(30-2)22(12-16)31-3/h6-12,14-15,23H,13H2,1-5H3. The van der Waals surface area contributed by atoms with Gasteiger partial charge in [-0.25, -0.2) is 9.59 Å². The van der Waals surface area contributed by atoms with E-state index < -0.39 is 17.9 Å². The molecular formula is C25H27NO7. The summed E-state index contributed by atoms with van der Waals surface area (Å²) < 4.78 is 26.3. The quantitative estimate of drug-likeness (QED) is 0.563. The summed E-state index contributed by atoms with van der Waals surface area (Å²) >= 11 is 0. The SMILES string of the molecule is COC(=O)C1=CN(Cc2ccc(OC)c(OC)c2)C=C(C(=O)OC)C1c1ccccc1OC. The van der Waals surface area contributed by atoms with Crippen LogP contribution in [0.2, 0.25) is 0 Å². The number of hydrogen-bond donors (Lipinski definition) is 0. The van der Waals surface area contributed by atoms with E-state index in [0.717, 1.165) is 5.56 Å². The zero-order valence-corrected chi connectivity index (χ0v) is 19.3. The Morgan fingerprint density at radius 1 is 0.758 bits per heavy atom. The lowest BCUT2D eigenvalue weighted by Gasteiger charge is -2.30. The Labute approximate surface area is 192 Å². The zero-order chi connectivity index (χ0) is 24.0. The van der Waals surface area contributed by atoms with Crippen molar-refractivity contribution in [2.24, 2.45) is 0 Å². The molecule has 0 bridgehead atoms. The third-order valence-electron chi connectivity index (χ3n) is 5.34. The molecule has 2 aromatic rings. The molecule has 0 atom stereocenters. The first-order valence-corrected chi connectivity index (χ1v) is 10.2. The zero-order valence-electron chi connectivity index (χ0n) is 19.3. The average Bonchev–Trinajstić information content (AvgIpc) is 2.86. The largest absolute Gasteiger partial charge is 0.496 e. The molecule has 2 aromatic carbocycles. The van der Waals surface area contributed by atoms with Gasteiger partial charge in [0.25, 0.3) is 0 Å². The van der Waals surface area contributed by atoms with Crippen LogP contribution in [0.5, 0.6) is 17.2 Å². The van der Waals surface area contributed by atoms with Crippen LogP contribution < -0.4 is 14.2 Å². The molecule has 33 heavy (non-hydrogen) atoms. The summed E-state index contributed by atoms with van der Waals surface area (Å²) in [5, 5.41) is 0. The molecule has 0 N–H and O–H groups in total. The molecule has 1 aliphatic rings. The smallest absolute Gasteiger partial charge is 0.336 e. The van der Waals surface area contributed by atoms with Crippen molar-refractivity contribution in [2.75, 3.05) is 35.5 Å². The van der Waals surface area contributed by atoms with E-state index in [1.54, 1.807) is 49.7 Å². The Hall–Kier alpha value is -3.94. The number of nitrogens with zero attached hydrogens (tertiary/aromatic N) is 1. The van der Waals surface area contributed by atoms with Gasteiger partial charge >= 0.3 is 11.9 Å². The number of methoxy groups -OCH3 is 5. The second kappa shape index (κ2) is 10.6. The van der Waals surface area contributed by atoms with Crippen molar-refractivity contribution in [3.8, 4) is 17.2 Å². The van der Waals surface area contributed by atoms with Gasteiger partial charge < -0.3 is 28.6 Å². The summed E-state index contributed by atoms with van der Waals surface area (Å²) in [6, 6.07) is 12.7. The lowest BCUT2D eigenvalue weighted by Crippen LogP contribution is -2.28. The molecule has 1 aliphatic heterocycles. The lowest BCUT2D eigenvalue weighted by atomic mass is 9.82. The van der Waals surface area contributed by atoms with Crippen LogP contribution in [0.3, 0.4) is 0 Å². The molecular weight excluding hydrogens is 426 g/mol. The number of carbonyl (C=O) groups is 2. The van der Waals surface area contributed by atoms with E-state index in [4.69, 9.17) is 23.7 Å². The average molecular weight is 453 g/mol. The third kappa shape index (κ3) is 4.95. The summed E-state index contributed by atoms with van der Waals surface area (Å²) in [6.45, 7) is 0.361. The van der Waals surface area contributed by atoms with Crippen LogP contribution in [0.15, 0.2) is 66.0 Å². The highest BCUT2D eigenvalue weighted by atomic mass is 16.5.